The molecule has 0 bridgehead atoms. The average molecular weight is 725 g/mol. The van der Waals surface area contributed by atoms with Gasteiger partial charge in [0.2, 0.25) is 5.91 Å². The fourth-order valence-corrected chi connectivity index (χ4v) is 7.09. The predicted molar refractivity (Wildman–Crippen MR) is 195 cm³/mol. The molecule has 2 aliphatic rings. The van der Waals surface area contributed by atoms with Gasteiger partial charge < -0.3 is 20.1 Å². The molecule has 6 rings (SSSR count). The average Bonchev–Trinajstić information content (AvgIpc) is 3.55. The Hall–Kier alpha value is -5.18. The molecule has 2 atom stereocenters. The summed E-state index contributed by atoms with van der Waals surface area (Å²) in [4.78, 5) is 33.8. The van der Waals surface area contributed by atoms with E-state index >= 15 is 4.39 Å². The Morgan fingerprint density at radius 2 is 1.57 bits per heavy atom. The summed E-state index contributed by atoms with van der Waals surface area (Å²) in [6, 6.07) is 19.6. The molecule has 8 nitrogen and oxygen atoms in total. The Balaban J connectivity index is 1.32. The normalized spacial score (nSPS) is 17.5. The number of morpholine rings is 1. The van der Waals surface area contributed by atoms with E-state index in [1.807, 2.05) is 18.2 Å². The molecule has 1 saturated heterocycles. The Bertz CT molecular complexity index is 1910. The van der Waals surface area contributed by atoms with Crippen LogP contribution in [0.2, 0.25) is 0 Å². The summed E-state index contributed by atoms with van der Waals surface area (Å²) in [5, 5.41) is 5.38. The largest absolute Gasteiger partial charge is 0.444 e. The second-order valence-corrected chi connectivity index (χ2v) is 14.7. The highest BCUT2D eigenvalue weighted by atomic mass is 19.1. The Morgan fingerprint density at radius 1 is 0.943 bits per heavy atom. The van der Waals surface area contributed by atoms with Crippen LogP contribution in [0.1, 0.15) is 74.6 Å². The lowest BCUT2D eigenvalue weighted by molar-refractivity contribution is -0.133. The van der Waals surface area contributed by atoms with E-state index in [1.54, 1.807) is 20.8 Å². The van der Waals surface area contributed by atoms with Crippen molar-refractivity contribution in [1.82, 2.24) is 15.2 Å². The molecule has 2 N–H and O–H groups in total. The molecule has 3 aromatic carbocycles. The highest BCUT2D eigenvalue weighted by Gasteiger charge is 2.42. The van der Waals surface area contributed by atoms with Gasteiger partial charge in [0.15, 0.2) is 5.82 Å². The number of amides is 2. The van der Waals surface area contributed by atoms with Gasteiger partial charge in [0.05, 0.1) is 29.2 Å². The summed E-state index contributed by atoms with van der Waals surface area (Å²) in [5.41, 5.74) is 0.696. The fraction of sp³-hybridized carbons (Fsp3) is 0.357. The van der Waals surface area contributed by atoms with E-state index in [0.29, 0.717) is 17.7 Å². The van der Waals surface area contributed by atoms with Crippen LogP contribution in [0.4, 0.5) is 23.7 Å². The highest BCUT2D eigenvalue weighted by Crippen LogP contribution is 2.38. The van der Waals surface area contributed by atoms with Gasteiger partial charge in [-0.25, -0.2) is 18.0 Å². The first-order chi connectivity index (χ1) is 25.4. The number of ether oxygens (including phenoxy) is 2. The molecule has 2 fully saturated rings. The lowest BCUT2D eigenvalue weighted by atomic mass is 9.84. The van der Waals surface area contributed by atoms with Crippen molar-refractivity contribution in [2.45, 2.75) is 82.3 Å². The first-order valence-corrected chi connectivity index (χ1v) is 17.8. The fourth-order valence-electron chi connectivity index (χ4n) is 7.09. The molecule has 1 spiro atoms. The van der Waals surface area contributed by atoms with E-state index in [1.165, 1.54) is 60.3 Å². The van der Waals surface area contributed by atoms with E-state index in [-0.39, 0.29) is 16.9 Å². The van der Waals surface area contributed by atoms with Gasteiger partial charge in [-0.1, -0.05) is 79.3 Å². The van der Waals surface area contributed by atoms with E-state index in [2.05, 4.69) is 44.5 Å². The molecule has 0 radical (unpaired) electrons. The third kappa shape index (κ3) is 9.83. The number of hydrogen-bond acceptors (Lipinski definition) is 6. The predicted octanol–water partition coefficient (Wildman–Crippen LogP) is 7.73. The van der Waals surface area contributed by atoms with Gasteiger partial charge in [-0.05, 0) is 74.6 Å². The van der Waals surface area contributed by atoms with Crippen LogP contribution in [0.3, 0.4) is 0 Å². The van der Waals surface area contributed by atoms with Gasteiger partial charge in [0.1, 0.15) is 29.4 Å². The number of nitrogens with zero attached hydrogens (tertiary/aromatic N) is 2. The number of carbonyl (C=O) groups is 2. The maximum Gasteiger partial charge on any atom is 0.408 e. The molecule has 2 unspecified atom stereocenters. The Morgan fingerprint density at radius 3 is 2.17 bits per heavy atom. The quantitative estimate of drug-likeness (QED) is 0.181. The third-order valence-corrected chi connectivity index (χ3v) is 9.35. The highest BCUT2D eigenvalue weighted by molar-refractivity contribution is 5.98. The van der Waals surface area contributed by atoms with Crippen LogP contribution in [0, 0.1) is 29.3 Å². The molecule has 1 aromatic heterocycles. The van der Waals surface area contributed by atoms with Crippen molar-refractivity contribution in [2.75, 3.05) is 18.4 Å². The number of benzene rings is 3. The zero-order chi connectivity index (χ0) is 37.6. The van der Waals surface area contributed by atoms with Crippen molar-refractivity contribution in [3.8, 4) is 11.8 Å². The molecular formula is C42H43F3N4O4. The Kier molecular flexibility index (Phi) is 11.5. The van der Waals surface area contributed by atoms with E-state index in [9.17, 15) is 18.4 Å². The van der Waals surface area contributed by atoms with Crippen molar-refractivity contribution in [2.24, 2.45) is 0 Å². The first-order valence-electron chi connectivity index (χ1n) is 17.8. The van der Waals surface area contributed by atoms with Crippen LogP contribution in [0.25, 0.3) is 0 Å². The Labute approximate surface area is 308 Å². The maximum atomic E-state index is 15.5. The molecule has 2 heterocycles. The molecular weight excluding hydrogens is 681 g/mol. The minimum absolute atomic E-state index is 0.0250. The molecule has 1 aliphatic heterocycles. The number of aromatic nitrogens is 1. The topological polar surface area (TPSA) is 92.8 Å². The number of anilines is 1. The van der Waals surface area contributed by atoms with Crippen LogP contribution in [-0.4, -0.2) is 58.3 Å². The maximum absolute atomic E-state index is 15.5. The van der Waals surface area contributed by atoms with Gasteiger partial charge in [-0.3, -0.25) is 14.7 Å². The minimum Gasteiger partial charge on any atom is -0.444 e. The van der Waals surface area contributed by atoms with Crippen LogP contribution in [-0.2, 0) is 20.8 Å². The number of rotatable bonds is 8. The van der Waals surface area contributed by atoms with E-state index in [0.717, 1.165) is 45.0 Å². The number of halogens is 3. The third-order valence-electron chi connectivity index (χ3n) is 9.35. The summed E-state index contributed by atoms with van der Waals surface area (Å²) in [6.45, 7) is 7.04. The second kappa shape index (κ2) is 16.2. The zero-order valence-corrected chi connectivity index (χ0v) is 30.0. The zero-order valence-electron chi connectivity index (χ0n) is 30.0. The molecule has 1 aliphatic carbocycles. The number of alkyl carbamates (subject to hydrolysis) is 1. The standard InChI is InChI=1S/C42H43F3N4O4/c1-41(2,3)53-40(51)48-38(37(29-11-15-31(43)16-12-29)30-13-17-32(44)18-14-30)39(50)47-36-24-46-23-35(45)34(36)20-19-33-26-49(25-28-9-5-4-6-10-28)27-42(52-33)21-7-8-22-42/h4-6,9-18,23-24,33,37-38H,7-8,21-22,25-27H2,1-3H3,(H,47,50)(H,48,51). The van der Waals surface area contributed by atoms with E-state index < -0.39 is 53.1 Å². The summed E-state index contributed by atoms with van der Waals surface area (Å²) in [6.07, 6.45) is 4.81. The van der Waals surface area contributed by atoms with Crippen LogP contribution in [0.15, 0.2) is 91.3 Å². The lowest BCUT2D eigenvalue weighted by Crippen LogP contribution is -2.53. The van der Waals surface area contributed by atoms with Crippen LogP contribution in [0.5, 0.6) is 0 Å². The smallest absolute Gasteiger partial charge is 0.408 e. The summed E-state index contributed by atoms with van der Waals surface area (Å²) in [5.74, 6) is 2.58. The first kappa shape index (κ1) is 37.6. The molecule has 2 amide bonds. The van der Waals surface area contributed by atoms with Gasteiger partial charge in [-0.2, -0.15) is 0 Å². The molecule has 11 heteroatoms. The SMILES string of the molecule is CC(C)(C)OC(=O)NC(C(=O)Nc1cncc(F)c1C#CC1CN(Cc2ccccc2)CC2(CCCC2)O1)C(c1ccc(F)cc1)c1ccc(F)cc1. The minimum atomic E-state index is -1.40. The molecule has 276 valence electrons. The van der Waals surface area contributed by atoms with Crippen molar-refractivity contribution in [3.63, 3.8) is 0 Å². The second-order valence-electron chi connectivity index (χ2n) is 14.7. The molecule has 4 aromatic rings. The van der Waals surface area contributed by atoms with Gasteiger partial charge in [0, 0.05) is 25.6 Å². The number of pyridine rings is 1. The molecule has 1 saturated carbocycles. The number of nitrogens with one attached hydrogen (secondary N) is 2. The summed E-state index contributed by atoms with van der Waals surface area (Å²) < 4.78 is 55.8. The van der Waals surface area contributed by atoms with Crippen molar-refractivity contribution >= 4 is 17.7 Å². The van der Waals surface area contributed by atoms with Gasteiger partial charge >= 0.3 is 6.09 Å². The van der Waals surface area contributed by atoms with Gasteiger partial charge in [0.25, 0.3) is 0 Å². The lowest BCUT2D eigenvalue weighted by Gasteiger charge is -2.43. The van der Waals surface area contributed by atoms with E-state index in [4.69, 9.17) is 9.47 Å². The van der Waals surface area contributed by atoms with Crippen molar-refractivity contribution in [1.29, 1.82) is 0 Å². The summed E-state index contributed by atoms with van der Waals surface area (Å²) in [7, 11) is 0. The summed E-state index contributed by atoms with van der Waals surface area (Å²) >= 11 is 0. The van der Waals surface area contributed by atoms with Crippen molar-refractivity contribution < 1.29 is 32.2 Å². The number of hydrogen-bond donors (Lipinski definition) is 2. The van der Waals surface area contributed by atoms with Gasteiger partial charge in [-0.15, -0.1) is 0 Å². The van der Waals surface area contributed by atoms with Crippen LogP contribution < -0.4 is 10.6 Å². The number of carbonyl (C=O) groups excluding carboxylic acids is 2. The van der Waals surface area contributed by atoms with Crippen molar-refractivity contribution in [3.05, 3.63) is 131 Å². The molecule has 53 heavy (non-hydrogen) atoms. The van der Waals surface area contributed by atoms with Crippen LogP contribution >= 0.6 is 0 Å². The monoisotopic (exact) mass is 724 g/mol.